The fraction of sp³-hybridized carbons (Fsp3) is 0.391. The average molecular weight is 377 g/mol. The molecule has 0 atom stereocenters. The number of carbonyl (C=O) groups is 1. The number of nitrogens with zero attached hydrogens (tertiary/aromatic N) is 4. The standard InChI is InChI=1S/C23H28N4O/c1-5-19-21(27-11-7-9-17(3)22(27)24-19)23(28)26-14-12-25(13-15-26)20-10-6-8-16(2)18(20)4/h6-11H,5,12-15H2,1-4H3. The van der Waals surface area contributed by atoms with Crippen molar-refractivity contribution in [1.29, 1.82) is 0 Å². The van der Waals surface area contributed by atoms with Crippen LogP contribution in [0, 0.1) is 20.8 Å². The van der Waals surface area contributed by atoms with Gasteiger partial charge in [-0.2, -0.15) is 0 Å². The van der Waals surface area contributed by atoms with Gasteiger partial charge in [0, 0.05) is 38.1 Å². The number of carbonyl (C=O) groups excluding carboxylic acids is 1. The number of aromatic nitrogens is 2. The number of hydrogen-bond donors (Lipinski definition) is 0. The lowest BCUT2D eigenvalue weighted by atomic mass is 10.1. The molecule has 1 aliphatic heterocycles. The predicted molar refractivity (Wildman–Crippen MR) is 113 cm³/mol. The summed E-state index contributed by atoms with van der Waals surface area (Å²) in [6, 6.07) is 10.5. The molecule has 0 spiro atoms. The highest BCUT2D eigenvalue weighted by Gasteiger charge is 2.27. The first kappa shape index (κ1) is 18.5. The molecule has 1 aromatic carbocycles. The van der Waals surface area contributed by atoms with Crippen LogP contribution in [0.2, 0.25) is 0 Å². The van der Waals surface area contributed by atoms with Crippen molar-refractivity contribution in [3.05, 3.63) is 64.6 Å². The van der Waals surface area contributed by atoms with Crippen LogP contribution in [-0.4, -0.2) is 46.4 Å². The Balaban J connectivity index is 1.57. The van der Waals surface area contributed by atoms with Gasteiger partial charge in [0.25, 0.3) is 5.91 Å². The van der Waals surface area contributed by atoms with E-state index in [1.54, 1.807) is 0 Å². The lowest BCUT2D eigenvalue weighted by Crippen LogP contribution is -2.49. The largest absolute Gasteiger partial charge is 0.368 e. The number of pyridine rings is 1. The van der Waals surface area contributed by atoms with E-state index in [1.807, 2.05) is 34.6 Å². The monoisotopic (exact) mass is 376 g/mol. The maximum atomic E-state index is 13.4. The summed E-state index contributed by atoms with van der Waals surface area (Å²) in [6.45, 7) is 11.6. The van der Waals surface area contributed by atoms with E-state index in [4.69, 9.17) is 4.98 Å². The topological polar surface area (TPSA) is 40.9 Å². The molecule has 2 aromatic heterocycles. The van der Waals surface area contributed by atoms with Crippen LogP contribution in [0.3, 0.4) is 0 Å². The SMILES string of the molecule is CCc1nc2c(C)cccn2c1C(=O)N1CCN(c2cccc(C)c2C)CC1. The Bertz CT molecular complexity index is 1030. The normalized spacial score (nSPS) is 14.7. The van der Waals surface area contributed by atoms with E-state index in [2.05, 4.69) is 43.9 Å². The molecule has 1 aliphatic rings. The Morgan fingerprint density at radius 1 is 1.00 bits per heavy atom. The number of hydrogen-bond acceptors (Lipinski definition) is 3. The van der Waals surface area contributed by atoms with Crippen molar-refractivity contribution in [3.63, 3.8) is 0 Å². The van der Waals surface area contributed by atoms with Gasteiger partial charge in [-0.1, -0.05) is 25.1 Å². The molecule has 0 bridgehead atoms. The van der Waals surface area contributed by atoms with E-state index in [1.165, 1.54) is 16.8 Å². The van der Waals surface area contributed by atoms with E-state index >= 15 is 0 Å². The molecule has 0 saturated carbocycles. The predicted octanol–water partition coefficient (Wildman–Crippen LogP) is 3.78. The third-order valence-electron chi connectivity index (χ3n) is 5.94. The highest BCUT2D eigenvalue weighted by atomic mass is 16.2. The van der Waals surface area contributed by atoms with Crippen LogP contribution in [0.4, 0.5) is 5.69 Å². The lowest BCUT2D eigenvalue weighted by Gasteiger charge is -2.37. The summed E-state index contributed by atoms with van der Waals surface area (Å²) in [6.07, 6.45) is 2.71. The maximum absolute atomic E-state index is 13.4. The van der Waals surface area contributed by atoms with Crippen LogP contribution < -0.4 is 4.90 Å². The van der Waals surface area contributed by atoms with Gasteiger partial charge in [-0.25, -0.2) is 4.98 Å². The van der Waals surface area contributed by atoms with Crippen molar-refractivity contribution in [2.75, 3.05) is 31.1 Å². The number of benzene rings is 1. The Hall–Kier alpha value is -2.82. The van der Waals surface area contributed by atoms with E-state index in [9.17, 15) is 4.79 Å². The molecule has 146 valence electrons. The molecule has 1 fully saturated rings. The van der Waals surface area contributed by atoms with Crippen LogP contribution in [-0.2, 0) is 6.42 Å². The van der Waals surface area contributed by atoms with Gasteiger partial charge >= 0.3 is 0 Å². The minimum Gasteiger partial charge on any atom is -0.368 e. The molecule has 3 aromatic rings. The molecule has 1 saturated heterocycles. The summed E-state index contributed by atoms with van der Waals surface area (Å²) < 4.78 is 1.97. The van der Waals surface area contributed by atoms with Crippen molar-refractivity contribution in [2.24, 2.45) is 0 Å². The van der Waals surface area contributed by atoms with Crippen LogP contribution in [0.1, 0.15) is 39.8 Å². The molecule has 0 aliphatic carbocycles. The van der Waals surface area contributed by atoms with Gasteiger partial charge in [-0.3, -0.25) is 9.20 Å². The van der Waals surface area contributed by atoms with E-state index in [-0.39, 0.29) is 5.91 Å². The van der Waals surface area contributed by atoms with Crippen LogP contribution in [0.5, 0.6) is 0 Å². The van der Waals surface area contributed by atoms with Crippen molar-refractivity contribution in [2.45, 2.75) is 34.1 Å². The van der Waals surface area contributed by atoms with Gasteiger partial charge in [-0.15, -0.1) is 0 Å². The summed E-state index contributed by atoms with van der Waals surface area (Å²) in [5, 5.41) is 0. The van der Waals surface area contributed by atoms with Gasteiger partial charge in [-0.05, 0) is 56.0 Å². The minimum atomic E-state index is 0.0931. The van der Waals surface area contributed by atoms with Gasteiger partial charge in [0.05, 0.1) is 5.69 Å². The van der Waals surface area contributed by atoms with Gasteiger partial charge < -0.3 is 9.80 Å². The van der Waals surface area contributed by atoms with Crippen LogP contribution >= 0.6 is 0 Å². The zero-order valence-corrected chi connectivity index (χ0v) is 17.2. The maximum Gasteiger partial charge on any atom is 0.272 e. The average Bonchev–Trinajstić information content (AvgIpc) is 3.10. The smallest absolute Gasteiger partial charge is 0.272 e. The molecular formula is C23H28N4O. The summed E-state index contributed by atoms with van der Waals surface area (Å²) in [4.78, 5) is 22.5. The third-order valence-corrected chi connectivity index (χ3v) is 5.94. The van der Waals surface area contributed by atoms with Gasteiger partial charge in [0.1, 0.15) is 11.3 Å². The fourth-order valence-corrected chi connectivity index (χ4v) is 4.10. The molecular weight excluding hydrogens is 348 g/mol. The molecule has 0 unspecified atom stereocenters. The van der Waals surface area contributed by atoms with Crippen LogP contribution in [0.15, 0.2) is 36.5 Å². The van der Waals surface area contributed by atoms with Gasteiger partial charge in [0.15, 0.2) is 0 Å². The Labute approximate surface area is 166 Å². The number of imidazole rings is 1. The lowest BCUT2D eigenvalue weighted by molar-refractivity contribution is 0.0738. The third kappa shape index (κ3) is 3.05. The molecule has 1 amide bonds. The first-order valence-corrected chi connectivity index (χ1v) is 10.1. The number of rotatable bonds is 3. The van der Waals surface area contributed by atoms with E-state index in [0.29, 0.717) is 0 Å². The van der Waals surface area contributed by atoms with Crippen molar-refractivity contribution >= 4 is 17.2 Å². The summed E-state index contributed by atoms with van der Waals surface area (Å²) in [5.41, 5.74) is 7.51. The molecule has 0 N–H and O–H groups in total. The highest BCUT2D eigenvalue weighted by Crippen LogP contribution is 2.25. The Kier molecular flexibility index (Phi) is 4.84. The quantitative estimate of drug-likeness (QED) is 0.698. The Morgan fingerprint density at radius 3 is 2.43 bits per heavy atom. The van der Waals surface area contributed by atoms with Gasteiger partial charge in [0.2, 0.25) is 0 Å². The first-order valence-electron chi connectivity index (χ1n) is 10.1. The van der Waals surface area contributed by atoms with Crippen LogP contribution in [0.25, 0.3) is 5.65 Å². The summed E-state index contributed by atoms with van der Waals surface area (Å²) >= 11 is 0. The number of fused-ring (bicyclic) bond motifs is 1. The Morgan fingerprint density at radius 2 is 1.71 bits per heavy atom. The highest BCUT2D eigenvalue weighted by molar-refractivity contribution is 5.95. The zero-order valence-electron chi connectivity index (χ0n) is 17.2. The second-order valence-corrected chi connectivity index (χ2v) is 7.64. The van der Waals surface area contributed by atoms with Crippen molar-refractivity contribution in [1.82, 2.24) is 14.3 Å². The van der Waals surface area contributed by atoms with Crippen molar-refractivity contribution < 1.29 is 4.79 Å². The number of aryl methyl sites for hydroxylation is 3. The van der Waals surface area contributed by atoms with E-state index in [0.717, 1.165) is 55.2 Å². The zero-order chi connectivity index (χ0) is 19.8. The molecule has 0 radical (unpaired) electrons. The summed E-state index contributed by atoms with van der Waals surface area (Å²) in [7, 11) is 0. The molecule has 4 rings (SSSR count). The number of anilines is 1. The molecule has 5 heteroatoms. The second kappa shape index (κ2) is 7.30. The second-order valence-electron chi connectivity index (χ2n) is 7.64. The first-order chi connectivity index (χ1) is 13.5. The molecule has 28 heavy (non-hydrogen) atoms. The minimum absolute atomic E-state index is 0.0931. The molecule has 3 heterocycles. The summed E-state index contributed by atoms with van der Waals surface area (Å²) in [5.74, 6) is 0.0931. The number of amides is 1. The number of piperazine rings is 1. The van der Waals surface area contributed by atoms with E-state index < -0.39 is 0 Å². The van der Waals surface area contributed by atoms with Crippen molar-refractivity contribution in [3.8, 4) is 0 Å². The molecule has 5 nitrogen and oxygen atoms in total. The fourth-order valence-electron chi connectivity index (χ4n) is 4.10.